The van der Waals surface area contributed by atoms with Gasteiger partial charge in [0.1, 0.15) is 17.0 Å². The van der Waals surface area contributed by atoms with Gasteiger partial charge in [0.05, 0.1) is 36.5 Å². The van der Waals surface area contributed by atoms with E-state index in [4.69, 9.17) is 21.1 Å². The Balaban J connectivity index is 1.68. The first-order chi connectivity index (χ1) is 20.3. The maximum Gasteiger partial charge on any atom is 0.337 e. The number of amides is 2. The molecule has 4 atom stereocenters. The van der Waals surface area contributed by atoms with Crippen LogP contribution in [-0.4, -0.2) is 44.1 Å². The van der Waals surface area contributed by atoms with E-state index in [1.165, 1.54) is 38.5 Å². The number of fused-ring (bicyclic) bond motifs is 2. The molecule has 0 bridgehead atoms. The van der Waals surface area contributed by atoms with Gasteiger partial charge in [-0.2, -0.15) is 0 Å². The first-order valence-electron chi connectivity index (χ1n) is 13.7. The average Bonchev–Trinajstić information content (AvgIpc) is 3.43. The van der Waals surface area contributed by atoms with Crippen LogP contribution < -0.4 is 20.7 Å². The molecule has 1 fully saturated rings. The van der Waals surface area contributed by atoms with Crippen LogP contribution in [0, 0.1) is 11.2 Å². The normalized spacial score (nSPS) is 22.7. The van der Waals surface area contributed by atoms with Crippen molar-refractivity contribution < 1.29 is 28.2 Å². The van der Waals surface area contributed by atoms with Crippen LogP contribution in [0.1, 0.15) is 54.6 Å². The number of hydrogen-bond acceptors (Lipinski definition) is 6. The molecule has 43 heavy (non-hydrogen) atoms. The lowest BCUT2D eigenvalue weighted by atomic mass is 9.62. The lowest BCUT2D eigenvalue weighted by Gasteiger charge is -2.37. The quantitative estimate of drug-likeness (QED) is 0.261. The molecule has 11 heteroatoms. The number of carbonyl (C=O) groups is 3. The first kappa shape index (κ1) is 31.0. The van der Waals surface area contributed by atoms with E-state index in [-0.39, 0.29) is 33.2 Å². The van der Waals surface area contributed by atoms with Gasteiger partial charge >= 0.3 is 5.97 Å². The van der Waals surface area contributed by atoms with Gasteiger partial charge in [-0.3, -0.25) is 9.59 Å². The highest BCUT2D eigenvalue weighted by Crippen LogP contribution is 2.57. The monoisotopic (exact) mass is 671 g/mol. The second-order valence-electron chi connectivity index (χ2n) is 12.0. The summed E-state index contributed by atoms with van der Waals surface area (Å²) in [6, 6.07) is 13.0. The summed E-state index contributed by atoms with van der Waals surface area (Å²) < 4.78 is 27.0. The van der Waals surface area contributed by atoms with Crippen LogP contribution in [0.15, 0.2) is 59.1 Å². The minimum Gasteiger partial charge on any atom is -0.495 e. The lowest BCUT2D eigenvalue weighted by molar-refractivity contribution is -0.122. The summed E-state index contributed by atoms with van der Waals surface area (Å²) in [7, 11) is 2.68. The molecule has 8 nitrogen and oxygen atoms in total. The Morgan fingerprint density at radius 1 is 1.12 bits per heavy atom. The molecule has 1 unspecified atom stereocenters. The highest BCUT2D eigenvalue weighted by atomic mass is 79.9. The first-order valence-corrected chi connectivity index (χ1v) is 14.9. The van der Waals surface area contributed by atoms with E-state index in [0.717, 1.165) is 4.47 Å². The van der Waals surface area contributed by atoms with Gasteiger partial charge in [-0.05, 0) is 59.4 Å². The van der Waals surface area contributed by atoms with Gasteiger partial charge in [0.15, 0.2) is 0 Å². The van der Waals surface area contributed by atoms with E-state index in [0.29, 0.717) is 23.4 Å². The molecule has 2 aliphatic rings. The van der Waals surface area contributed by atoms with Crippen LogP contribution in [-0.2, 0) is 19.7 Å². The molecule has 2 aliphatic heterocycles. The molecule has 3 N–H and O–H groups in total. The van der Waals surface area contributed by atoms with Gasteiger partial charge in [0.2, 0.25) is 11.8 Å². The molecule has 1 saturated heterocycles. The second kappa shape index (κ2) is 11.6. The number of benzene rings is 3. The Labute approximate surface area is 262 Å². The molecule has 226 valence electrons. The number of hydrogen-bond donors (Lipinski definition) is 3. The molecule has 3 aromatic rings. The summed E-state index contributed by atoms with van der Waals surface area (Å²) in [4.78, 5) is 40.6. The van der Waals surface area contributed by atoms with Gasteiger partial charge in [-0.15, -0.1) is 0 Å². The fraction of sp³-hybridized carbons (Fsp3) is 0.344. The third kappa shape index (κ3) is 5.41. The molecule has 2 amide bonds. The third-order valence-electron chi connectivity index (χ3n) is 8.10. The number of rotatable bonds is 6. The van der Waals surface area contributed by atoms with Crippen LogP contribution in [0.25, 0.3) is 0 Å². The fourth-order valence-electron chi connectivity index (χ4n) is 6.40. The van der Waals surface area contributed by atoms with E-state index in [2.05, 4.69) is 31.9 Å². The summed E-state index contributed by atoms with van der Waals surface area (Å²) >= 11 is 9.76. The predicted octanol–water partition coefficient (Wildman–Crippen LogP) is 6.43. The van der Waals surface area contributed by atoms with Gasteiger partial charge in [0, 0.05) is 22.1 Å². The summed E-state index contributed by atoms with van der Waals surface area (Å²) in [5.74, 6) is -2.85. The number of halogens is 3. The second-order valence-corrected chi connectivity index (χ2v) is 13.3. The van der Waals surface area contributed by atoms with Crippen molar-refractivity contribution in [2.45, 2.75) is 50.6 Å². The van der Waals surface area contributed by atoms with Crippen molar-refractivity contribution in [1.29, 1.82) is 0 Å². The summed E-state index contributed by atoms with van der Waals surface area (Å²) in [6.07, 6.45) is 0.496. The number of esters is 1. The largest absolute Gasteiger partial charge is 0.495 e. The SMILES string of the molecule is COC(=O)c1ccc(NC(=O)[C@@H]2N[C@@H](CC(C)(C)C)C3(C(=O)Nc4cc(Br)ccc43)[C@@H]2c2cccc(Cl)c2F)c(OC)c1. The number of ether oxygens (including phenoxy) is 2. The maximum absolute atomic E-state index is 16.0. The highest BCUT2D eigenvalue weighted by molar-refractivity contribution is 9.10. The zero-order valence-corrected chi connectivity index (χ0v) is 26.7. The minimum atomic E-state index is -1.35. The molecule has 0 radical (unpaired) electrons. The van der Waals surface area contributed by atoms with Crippen LogP contribution in [0.2, 0.25) is 5.02 Å². The van der Waals surface area contributed by atoms with E-state index in [1.54, 1.807) is 12.1 Å². The zero-order valence-electron chi connectivity index (χ0n) is 24.3. The Morgan fingerprint density at radius 2 is 1.86 bits per heavy atom. The summed E-state index contributed by atoms with van der Waals surface area (Å²) in [5, 5.41) is 9.23. The van der Waals surface area contributed by atoms with Crippen molar-refractivity contribution in [3.05, 3.63) is 86.6 Å². The van der Waals surface area contributed by atoms with E-state index < -0.39 is 41.1 Å². The van der Waals surface area contributed by atoms with Crippen molar-refractivity contribution in [3.63, 3.8) is 0 Å². The van der Waals surface area contributed by atoms with Crippen molar-refractivity contribution in [2.75, 3.05) is 24.9 Å². The Hall–Kier alpha value is -3.47. The molecular weight excluding hydrogens is 641 g/mol. The molecule has 0 saturated carbocycles. The molecular formula is C32H32BrClFN3O5. The third-order valence-corrected chi connectivity index (χ3v) is 8.89. The summed E-state index contributed by atoms with van der Waals surface area (Å²) in [5.41, 5.74) is 0.325. The van der Waals surface area contributed by atoms with Crippen molar-refractivity contribution in [3.8, 4) is 5.75 Å². The Morgan fingerprint density at radius 3 is 2.53 bits per heavy atom. The highest BCUT2D eigenvalue weighted by Gasteiger charge is 2.66. The van der Waals surface area contributed by atoms with Crippen LogP contribution in [0.3, 0.4) is 0 Å². The van der Waals surface area contributed by atoms with E-state index >= 15 is 4.39 Å². The van der Waals surface area contributed by atoms with Crippen molar-refractivity contribution >= 4 is 56.7 Å². The molecule has 0 aromatic heterocycles. The lowest BCUT2D eigenvalue weighted by Crippen LogP contribution is -2.49. The Bertz CT molecular complexity index is 1630. The van der Waals surface area contributed by atoms with Crippen LogP contribution >= 0.6 is 27.5 Å². The zero-order chi connectivity index (χ0) is 31.3. The molecule has 1 spiro atoms. The topological polar surface area (TPSA) is 106 Å². The number of methoxy groups -OCH3 is 2. The van der Waals surface area contributed by atoms with Gasteiger partial charge in [-0.1, -0.05) is 66.5 Å². The molecule has 3 aromatic carbocycles. The molecule has 5 rings (SSSR count). The number of carbonyl (C=O) groups excluding carboxylic acids is 3. The summed E-state index contributed by atoms with van der Waals surface area (Å²) in [6.45, 7) is 6.15. The Kier molecular flexibility index (Phi) is 8.32. The van der Waals surface area contributed by atoms with Gasteiger partial charge in [0.25, 0.3) is 0 Å². The molecule has 0 aliphatic carbocycles. The predicted molar refractivity (Wildman–Crippen MR) is 166 cm³/mol. The standard InChI is InChI=1S/C32H32BrClFN3O5/c1-31(2,3)15-24-32(19-11-10-17(33)14-22(19)37-30(32)41)25(18-7-6-8-20(34)26(18)35)27(38-24)28(39)36-21-12-9-16(29(40)43-5)13-23(21)42-4/h6-14,24-25,27,38H,15H2,1-5H3,(H,36,39)(H,37,41)/t24-,25+,27+,32?/m0/s1. The van der Waals surface area contributed by atoms with Gasteiger partial charge < -0.3 is 25.4 Å². The average molecular weight is 673 g/mol. The number of nitrogens with one attached hydrogen (secondary N) is 3. The van der Waals surface area contributed by atoms with E-state index in [9.17, 15) is 14.4 Å². The maximum atomic E-state index is 16.0. The van der Waals surface area contributed by atoms with Crippen LogP contribution in [0.5, 0.6) is 5.75 Å². The van der Waals surface area contributed by atoms with Crippen molar-refractivity contribution in [2.24, 2.45) is 5.41 Å². The smallest absolute Gasteiger partial charge is 0.337 e. The fourth-order valence-corrected chi connectivity index (χ4v) is 6.95. The number of anilines is 2. The molecule has 2 heterocycles. The minimum absolute atomic E-state index is 0.111. The van der Waals surface area contributed by atoms with Gasteiger partial charge in [-0.25, -0.2) is 9.18 Å². The van der Waals surface area contributed by atoms with E-state index in [1.807, 2.05) is 39.0 Å². The van der Waals surface area contributed by atoms with Crippen LogP contribution in [0.4, 0.5) is 15.8 Å². The van der Waals surface area contributed by atoms with Crippen molar-refractivity contribution in [1.82, 2.24) is 5.32 Å².